The fraction of sp³-hybridized carbons (Fsp3) is 0.143. The Labute approximate surface area is 151 Å². The largest absolute Gasteiger partial charge is 0.497 e. The SMILES string of the molecule is COc1cc(Nc2cc(C)nc3ccc(OC)cc23)c2ncccc2c1. The second kappa shape index (κ2) is 6.52. The standard InChI is InChI=1S/C21H19N3O2/c1-13-9-19(17-11-15(25-2)6-7-18(17)23-13)24-20-12-16(26-3)10-14-5-4-8-22-21(14)20/h4-12H,1-3H3,(H,23,24). The molecule has 26 heavy (non-hydrogen) atoms. The number of anilines is 2. The van der Waals surface area contributed by atoms with Crippen LogP contribution in [0.15, 0.2) is 54.7 Å². The Hall–Kier alpha value is -3.34. The lowest BCUT2D eigenvalue weighted by Crippen LogP contribution is -1.98. The number of hydrogen-bond donors (Lipinski definition) is 1. The molecule has 0 unspecified atom stereocenters. The van der Waals surface area contributed by atoms with Crippen LogP contribution in [0.2, 0.25) is 0 Å². The number of aryl methyl sites for hydroxylation is 1. The van der Waals surface area contributed by atoms with Gasteiger partial charge < -0.3 is 14.8 Å². The van der Waals surface area contributed by atoms with E-state index in [1.807, 2.05) is 55.5 Å². The van der Waals surface area contributed by atoms with E-state index in [4.69, 9.17) is 9.47 Å². The summed E-state index contributed by atoms with van der Waals surface area (Å²) >= 11 is 0. The van der Waals surface area contributed by atoms with Crippen molar-refractivity contribution in [3.05, 3.63) is 60.4 Å². The van der Waals surface area contributed by atoms with Crippen LogP contribution in [0.3, 0.4) is 0 Å². The van der Waals surface area contributed by atoms with Gasteiger partial charge >= 0.3 is 0 Å². The highest BCUT2D eigenvalue weighted by Gasteiger charge is 2.10. The fourth-order valence-corrected chi connectivity index (χ4v) is 3.09. The predicted molar refractivity (Wildman–Crippen MR) is 105 cm³/mol. The molecule has 0 amide bonds. The lowest BCUT2D eigenvalue weighted by Gasteiger charge is -2.14. The van der Waals surface area contributed by atoms with E-state index in [0.717, 1.165) is 50.4 Å². The molecular formula is C21H19N3O2. The first-order valence-corrected chi connectivity index (χ1v) is 8.33. The molecule has 4 aromatic rings. The molecule has 0 aliphatic heterocycles. The number of nitrogens with one attached hydrogen (secondary N) is 1. The number of ether oxygens (including phenoxy) is 2. The molecule has 2 heterocycles. The molecule has 2 aromatic carbocycles. The Morgan fingerprint density at radius 1 is 0.885 bits per heavy atom. The number of aromatic nitrogens is 2. The van der Waals surface area contributed by atoms with Crippen molar-refractivity contribution in [3.8, 4) is 11.5 Å². The van der Waals surface area contributed by atoms with E-state index in [0.29, 0.717) is 0 Å². The fourth-order valence-electron chi connectivity index (χ4n) is 3.09. The molecule has 0 atom stereocenters. The molecule has 0 aliphatic carbocycles. The van der Waals surface area contributed by atoms with Gasteiger partial charge in [0.1, 0.15) is 11.5 Å². The molecule has 0 saturated carbocycles. The summed E-state index contributed by atoms with van der Waals surface area (Å²) in [7, 11) is 3.33. The van der Waals surface area contributed by atoms with Crippen molar-refractivity contribution in [1.29, 1.82) is 0 Å². The van der Waals surface area contributed by atoms with Crippen LogP contribution in [0.25, 0.3) is 21.8 Å². The molecule has 5 heteroatoms. The first-order chi connectivity index (χ1) is 12.7. The minimum atomic E-state index is 0.778. The number of hydrogen-bond acceptors (Lipinski definition) is 5. The van der Waals surface area contributed by atoms with Crippen LogP contribution in [0.5, 0.6) is 11.5 Å². The third kappa shape index (κ3) is 2.88. The molecule has 2 aromatic heterocycles. The van der Waals surface area contributed by atoms with Crippen molar-refractivity contribution in [1.82, 2.24) is 9.97 Å². The number of pyridine rings is 2. The van der Waals surface area contributed by atoms with Gasteiger partial charge in [0.05, 0.1) is 30.9 Å². The van der Waals surface area contributed by atoms with Gasteiger partial charge in [-0.15, -0.1) is 0 Å². The zero-order valence-electron chi connectivity index (χ0n) is 14.9. The second-order valence-corrected chi connectivity index (χ2v) is 6.07. The summed E-state index contributed by atoms with van der Waals surface area (Å²) in [6.45, 7) is 1.98. The maximum Gasteiger partial charge on any atom is 0.121 e. The first kappa shape index (κ1) is 16.1. The number of fused-ring (bicyclic) bond motifs is 2. The first-order valence-electron chi connectivity index (χ1n) is 8.33. The Balaban J connectivity index is 1.91. The monoisotopic (exact) mass is 345 g/mol. The van der Waals surface area contributed by atoms with Gasteiger partial charge in [-0.05, 0) is 43.3 Å². The highest BCUT2D eigenvalue weighted by atomic mass is 16.5. The van der Waals surface area contributed by atoms with Gasteiger partial charge in [-0.1, -0.05) is 6.07 Å². The van der Waals surface area contributed by atoms with Crippen LogP contribution in [0.1, 0.15) is 5.69 Å². The molecule has 0 radical (unpaired) electrons. The van der Waals surface area contributed by atoms with Crippen molar-refractivity contribution in [3.63, 3.8) is 0 Å². The molecular weight excluding hydrogens is 326 g/mol. The predicted octanol–water partition coefficient (Wildman–Crippen LogP) is 4.85. The zero-order valence-corrected chi connectivity index (χ0v) is 14.9. The van der Waals surface area contributed by atoms with Gasteiger partial charge in [-0.3, -0.25) is 9.97 Å². The van der Waals surface area contributed by atoms with E-state index in [9.17, 15) is 0 Å². The Kier molecular flexibility index (Phi) is 4.05. The van der Waals surface area contributed by atoms with E-state index < -0.39 is 0 Å². The smallest absolute Gasteiger partial charge is 0.121 e. The third-order valence-electron chi connectivity index (χ3n) is 4.33. The van der Waals surface area contributed by atoms with Gasteiger partial charge in [0.15, 0.2) is 0 Å². The maximum atomic E-state index is 5.45. The van der Waals surface area contributed by atoms with Crippen LogP contribution in [0.4, 0.5) is 11.4 Å². The quantitative estimate of drug-likeness (QED) is 0.573. The van der Waals surface area contributed by atoms with E-state index in [1.165, 1.54) is 0 Å². The minimum absolute atomic E-state index is 0.778. The van der Waals surface area contributed by atoms with Crippen molar-refractivity contribution >= 4 is 33.2 Å². The summed E-state index contributed by atoms with van der Waals surface area (Å²) in [5.41, 5.74) is 4.57. The summed E-state index contributed by atoms with van der Waals surface area (Å²) in [4.78, 5) is 9.14. The van der Waals surface area contributed by atoms with E-state index in [-0.39, 0.29) is 0 Å². The average Bonchev–Trinajstić information content (AvgIpc) is 2.67. The van der Waals surface area contributed by atoms with E-state index in [1.54, 1.807) is 20.4 Å². The van der Waals surface area contributed by atoms with E-state index in [2.05, 4.69) is 15.3 Å². The molecule has 0 aliphatic rings. The van der Waals surface area contributed by atoms with Gasteiger partial charge in [-0.25, -0.2) is 0 Å². The number of methoxy groups -OCH3 is 2. The van der Waals surface area contributed by atoms with Crippen LogP contribution >= 0.6 is 0 Å². The van der Waals surface area contributed by atoms with Crippen LogP contribution < -0.4 is 14.8 Å². The second-order valence-electron chi connectivity index (χ2n) is 6.07. The molecule has 0 saturated heterocycles. The highest BCUT2D eigenvalue weighted by Crippen LogP contribution is 2.34. The number of rotatable bonds is 4. The van der Waals surface area contributed by atoms with Gasteiger partial charge in [0.25, 0.3) is 0 Å². The molecule has 4 rings (SSSR count). The topological polar surface area (TPSA) is 56.3 Å². The molecule has 0 fully saturated rings. The van der Waals surface area contributed by atoms with Crippen molar-refractivity contribution in [2.45, 2.75) is 6.92 Å². The molecule has 0 bridgehead atoms. The van der Waals surface area contributed by atoms with Gasteiger partial charge in [0, 0.05) is 34.4 Å². The van der Waals surface area contributed by atoms with Gasteiger partial charge in [-0.2, -0.15) is 0 Å². The third-order valence-corrected chi connectivity index (χ3v) is 4.33. The molecule has 1 N–H and O–H groups in total. The highest BCUT2D eigenvalue weighted by molar-refractivity contribution is 5.99. The van der Waals surface area contributed by atoms with Crippen LogP contribution in [-0.4, -0.2) is 24.2 Å². The van der Waals surface area contributed by atoms with Crippen molar-refractivity contribution < 1.29 is 9.47 Å². The lowest BCUT2D eigenvalue weighted by atomic mass is 10.1. The summed E-state index contributed by atoms with van der Waals surface area (Å²) in [5.74, 6) is 1.57. The Morgan fingerprint density at radius 2 is 1.73 bits per heavy atom. The molecule has 0 spiro atoms. The number of nitrogens with zero attached hydrogens (tertiary/aromatic N) is 2. The van der Waals surface area contributed by atoms with Crippen LogP contribution in [0, 0.1) is 6.92 Å². The van der Waals surface area contributed by atoms with Crippen LogP contribution in [-0.2, 0) is 0 Å². The summed E-state index contributed by atoms with van der Waals surface area (Å²) in [5, 5.41) is 5.52. The van der Waals surface area contributed by atoms with Crippen molar-refractivity contribution in [2.24, 2.45) is 0 Å². The summed E-state index contributed by atoms with van der Waals surface area (Å²) in [6.07, 6.45) is 1.79. The van der Waals surface area contributed by atoms with Gasteiger partial charge in [0.2, 0.25) is 0 Å². The Morgan fingerprint density at radius 3 is 2.54 bits per heavy atom. The maximum absolute atomic E-state index is 5.45. The molecule has 5 nitrogen and oxygen atoms in total. The van der Waals surface area contributed by atoms with Crippen molar-refractivity contribution in [2.75, 3.05) is 19.5 Å². The lowest BCUT2D eigenvalue weighted by molar-refractivity contribution is 0.415. The Bertz CT molecular complexity index is 1110. The average molecular weight is 345 g/mol. The summed E-state index contributed by atoms with van der Waals surface area (Å²) < 4.78 is 10.8. The molecule has 130 valence electrons. The normalized spacial score (nSPS) is 10.9. The number of benzene rings is 2. The zero-order chi connectivity index (χ0) is 18.1. The van der Waals surface area contributed by atoms with E-state index >= 15 is 0 Å². The summed E-state index contributed by atoms with van der Waals surface area (Å²) in [6, 6.07) is 15.8. The minimum Gasteiger partial charge on any atom is -0.497 e.